The molecule has 1 aromatic heterocycles. The van der Waals surface area contributed by atoms with Crippen molar-refractivity contribution in [1.82, 2.24) is 4.98 Å². The molecule has 2 heteroatoms. The van der Waals surface area contributed by atoms with Gasteiger partial charge in [-0.1, -0.05) is 20.3 Å². The fraction of sp³-hybridized carbons (Fsp3) is 0.400. The van der Waals surface area contributed by atoms with Crippen LogP contribution in [0, 0.1) is 0 Å². The molecule has 0 saturated heterocycles. The maximum absolute atomic E-state index is 5.23. The van der Waals surface area contributed by atoms with E-state index in [2.05, 4.69) is 31.0 Å². The average molecular weight is 229 g/mol. The van der Waals surface area contributed by atoms with Crippen LogP contribution < -0.4 is 4.74 Å². The number of fused-ring (bicyclic) bond motifs is 1. The van der Waals surface area contributed by atoms with Crippen molar-refractivity contribution in [2.45, 2.75) is 32.6 Å². The van der Waals surface area contributed by atoms with Crippen molar-refractivity contribution in [2.75, 3.05) is 7.11 Å². The SMILES string of the molecule is CCCC(C)c1ccnc2cc(OC)ccc12. The molecule has 0 aliphatic rings. The molecule has 2 rings (SSSR count). The highest BCUT2D eigenvalue weighted by molar-refractivity contribution is 5.83. The van der Waals surface area contributed by atoms with Crippen LogP contribution in [0.2, 0.25) is 0 Å². The maximum Gasteiger partial charge on any atom is 0.121 e. The zero-order chi connectivity index (χ0) is 12.3. The molecule has 1 heterocycles. The van der Waals surface area contributed by atoms with Gasteiger partial charge in [-0.15, -0.1) is 0 Å². The lowest BCUT2D eigenvalue weighted by molar-refractivity contribution is 0.415. The van der Waals surface area contributed by atoms with Gasteiger partial charge in [-0.25, -0.2) is 0 Å². The number of hydrogen-bond donors (Lipinski definition) is 0. The molecule has 0 aliphatic carbocycles. The molecular formula is C15H19NO. The van der Waals surface area contributed by atoms with Crippen LogP contribution >= 0.6 is 0 Å². The summed E-state index contributed by atoms with van der Waals surface area (Å²) in [5.41, 5.74) is 2.41. The summed E-state index contributed by atoms with van der Waals surface area (Å²) in [6.07, 6.45) is 4.32. The van der Waals surface area contributed by atoms with Gasteiger partial charge in [-0.05, 0) is 36.1 Å². The summed E-state index contributed by atoms with van der Waals surface area (Å²) in [6.45, 7) is 4.51. The molecule has 0 radical (unpaired) electrons. The number of rotatable bonds is 4. The summed E-state index contributed by atoms with van der Waals surface area (Å²) in [6, 6.07) is 8.25. The predicted octanol–water partition coefficient (Wildman–Crippen LogP) is 4.15. The molecule has 17 heavy (non-hydrogen) atoms. The Labute approximate surface area is 103 Å². The molecule has 0 aliphatic heterocycles. The second kappa shape index (κ2) is 5.17. The van der Waals surface area contributed by atoms with Gasteiger partial charge in [0.15, 0.2) is 0 Å². The molecule has 0 fully saturated rings. The van der Waals surface area contributed by atoms with Gasteiger partial charge in [0.1, 0.15) is 5.75 Å². The first kappa shape index (κ1) is 11.9. The number of ether oxygens (including phenoxy) is 1. The normalized spacial score (nSPS) is 12.6. The van der Waals surface area contributed by atoms with Crippen LogP contribution in [0.4, 0.5) is 0 Å². The van der Waals surface area contributed by atoms with Crippen LogP contribution in [0.15, 0.2) is 30.5 Å². The molecule has 2 aromatic rings. The van der Waals surface area contributed by atoms with E-state index in [0.29, 0.717) is 5.92 Å². The number of benzene rings is 1. The molecular weight excluding hydrogens is 210 g/mol. The number of methoxy groups -OCH3 is 1. The predicted molar refractivity (Wildman–Crippen MR) is 71.6 cm³/mol. The minimum atomic E-state index is 0.582. The first-order chi connectivity index (χ1) is 8.26. The molecule has 90 valence electrons. The molecule has 1 unspecified atom stereocenters. The summed E-state index contributed by atoms with van der Waals surface area (Å²) in [5.74, 6) is 1.45. The van der Waals surface area contributed by atoms with Gasteiger partial charge in [0, 0.05) is 17.6 Å². The first-order valence-corrected chi connectivity index (χ1v) is 6.19. The Morgan fingerprint density at radius 1 is 1.29 bits per heavy atom. The third kappa shape index (κ3) is 2.41. The summed E-state index contributed by atoms with van der Waals surface area (Å²) >= 11 is 0. The van der Waals surface area contributed by atoms with Crippen molar-refractivity contribution in [3.8, 4) is 5.75 Å². The van der Waals surface area contributed by atoms with Crippen LogP contribution in [0.1, 0.15) is 38.2 Å². The van der Waals surface area contributed by atoms with E-state index in [9.17, 15) is 0 Å². The van der Waals surface area contributed by atoms with Crippen molar-refractivity contribution in [2.24, 2.45) is 0 Å². The van der Waals surface area contributed by atoms with Gasteiger partial charge in [0.2, 0.25) is 0 Å². The second-order valence-corrected chi connectivity index (χ2v) is 4.47. The van der Waals surface area contributed by atoms with Crippen LogP contribution in [0.5, 0.6) is 5.75 Å². The maximum atomic E-state index is 5.23. The molecule has 0 saturated carbocycles. The third-order valence-corrected chi connectivity index (χ3v) is 3.24. The lowest BCUT2D eigenvalue weighted by atomic mass is 9.93. The highest BCUT2D eigenvalue weighted by Gasteiger charge is 2.09. The molecule has 2 nitrogen and oxygen atoms in total. The van der Waals surface area contributed by atoms with Crippen molar-refractivity contribution in [1.29, 1.82) is 0 Å². The molecule has 0 spiro atoms. The monoisotopic (exact) mass is 229 g/mol. The smallest absolute Gasteiger partial charge is 0.121 e. The lowest BCUT2D eigenvalue weighted by Gasteiger charge is -2.13. The molecule has 1 aromatic carbocycles. The van der Waals surface area contributed by atoms with Crippen LogP contribution in [0.25, 0.3) is 10.9 Å². The second-order valence-electron chi connectivity index (χ2n) is 4.47. The number of pyridine rings is 1. The summed E-state index contributed by atoms with van der Waals surface area (Å²) in [5, 5.41) is 1.24. The average Bonchev–Trinajstić information content (AvgIpc) is 2.37. The largest absolute Gasteiger partial charge is 0.497 e. The highest BCUT2D eigenvalue weighted by Crippen LogP contribution is 2.29. The van der Waals surface area contributed by atoms with E-state index in [1.165, 1.54) is 23.8 Å². The Hall–Kier alpha value is -1.57. The molecule has 1 atom stereocenters. The van der Waals surface area contributed by atoms with Crippen LogP contribution in [-0.4, -0.2) is 12.1 Å². The first-order valence-electron chi connectivity index (χ1n) is 6.19. The quantitative estimate of drug-likeness (QED) is 0.785. The lowest BCUT2D eigenvalue weighted by Crippen LogP contribution is -1.95. The number of aromatic nitrogens is 1. The van der Waals surface area contributed by atoms with Crippen LogP contribution in [-0.2, 0) is 0 Å². The fourth-order valence-electron chi connectivity index (χ4n) is 2.30. The van der Waals surface area contributed by atoms with E-state index in [1.807, 2.05) is 18.3 Å². The van der Waals surface area contributed by atoms with E-state index >= 15 is 0 Å². The zero-order valence-electron chi connectivity index (χ0n) is 10.7. The Balaban J connectivity index is 2.50. The van der Waals surface area contributed by atoms with E-state index in [4.69, 9.17) is 4.74 Å². The third-order valence-electron chi connectivity index (χ3n) is 3.24. The summed E-state index contributed by atoms with van der Waals surface area (Å²) in [7, 11) is 1.69. The molecule has 0 N–H and O–H groups in total. The Morgan fingerprint density at radius 3 is 2.82 bits per heavy atom. The number of nitrogens with zero attached hydrogens (tertiary/aromatic N) is 1. The van der Waals surface area contributed by atoms with E-state index < -0.39 is 0 Å². The standard InChI is InChI=1S/C15H19NO/c1-4-5-11(2)13-8-9-16-15-10-12(17-3)6-7-14(13)15/h6-11H,4-5H2,1-3H3. The fourth-order valence-corrected chi connectivity index (χ4v) is 2.30. The van der Waals surface area contributed by atoms with Gasteiger partial charge in [-0.3, -0.25) is 4.98 Å². The van der Waals surface area contributed by atoms with Gasteiger partial charge in [0.25, 0.3) is 0 Å². The van der Waals surface area contributed by atoms with Crippen molar-refractivity contribution in [3.05, 3.63) is 36.0 Å². The van der Waals surface area contributed by atoms with Crippen molar-refractivity contribution < 1.29 is 4.74 Å². The van der Waals surface area contributed by atoms with Crippen molar-refractivity contribution in [3.63, 3.8) is 0 Å². The Morgan fingerprint density at radius 2 is 2.12 bits per heavy atom. The number of hydrogen-bond acceptors (Lipinski definition) is 2. The minimum Gasteiger partial charge on any atom is -0.497 e. The zero-order valence-corrected chi connectivity index (χ0v) is 10.7. The van der Waals surface area contributed by atoms with Gasteiger partial charge in [-0.2, -0.15) is 0 Å². The Bertz CT molecular complexity index is 507. The minimum absolute atomic E-state index is 0.582. The highest BCUT2D eigenvalue weighted by atomic mass is 16.5. The van der Waals surface area contributed by atoms with E-state index in [-0.39, 0.29) is 0 Å². The Kier molecular flexibility index (Phi) is 3.62. The van der Waals surface area contributed by atoms with E-state index in [0.717, 1.165) is 11.3 Å². The summed E-state index contributed by atoms with van der Waals surface area (Å²) < 4.78 is 5.23. The molecule has 0 bridgehead atoms. The van der Waals surface area contributed by atoms with Crippen LogP contribution in [0.3, 0.4) is 0 Å². The van der Waals surface area contributed by atoms with Gasteiger partial charge >= 0.3 is 0 Å². The van der Waals surface area contributed by atoms with Gasteiger partial charge in [0.05, 0.1) is 12.6 Å². The summed E-state index contributed by atoms with van der Waals surface area (Å²) in [4.78, 5) is 4.41. The topological polar surface area (TPSA) is 22.1 Å². The van der Waals surface area contributed by atoms with Crippen molar-refractivity contribution >= 4 is 10.9 Å². The molecule has 0 amide bonds. The van der Waals surface area contributed by atoms with Gasteiger partial charge < -0.3 is 4.74 Å². The van der Waals surface area contributed by atoms with E-state index in [1.54, 1.807) is 7.11 Å².